The van der Waals surface area contributed by atoms with Crippen LogP contribution >= 0.6 is 23.9 Å². The van der Waals surface area contributed by atoms with Gasteiger partial charge in [0, 0.05) is 39.0 Å². The van der Waals surface area contributed by atoms with Crippen molar-refractivity contribution in [3.05, 3.63) is 161 Å². The molecule has 0 unspecified atom stereocenters. The van der Waals surface area contributed by atoms with Crippen LogP contribution in [0.3, 0.4) is 0 Å². The first-order valence-electron chi connectivity index (χ1n) is 16.0. The lowest BCUT2D eigenvalue weighted by molar-refractivity contribution is 0.441. The molecular formula is C43H37BrNOP. The molecular weight excluding hydrogens is 657 g/mol. The molecule has 0 aromatic heterocycles. The third-order valence-corrected chi connectivity index (χ3v) is 11.7. The predicted octanol–water partition coefficient (Wildman–Crippen LogP) is 10.8. The Labute approximate surface area is 287 Å². The van der Waals surface area contributed by atoms with Crippen LogP contribution < -0.4 is 21.2 Å². The molecule has 0 amide bonds. The lowest BCUT2D eigenvalue weighted by atomic mass is 9.85. The summed E-state index contributed by atoms with van der Waals surface area (Å²) in [4.78, 5) is 0. The fourth-order valence-electron chi connectivity index (χ4n) is 6.53. The zero-order valence-electron chi connectivity index (χ0n) is 26.8. The number of nitrogens with one attached hydrogen (secondary N) is 1. The van der Waals surface area contributed by atoms with Crippen molar-refractivity contribution in [3.8, 4) is 16.9 Å². The number of rotatable bonds is 7. The van der Waals surface area contributed by atoms with Gasteiger partial charge in [-0.05, 0) is 69.0 Å². The lowest BCUT2D eigenvalue weighted by Gasteiger charge is -2.26. The van der Waals surface area contributed by atoms with Crippen molar-refractivity contribution in [2.45, 2.75) is 32.7 Å². The molecule has 0 aliphatic carbocycles. The third kappa shape index (κ3) is 6.19. The van der Waals surface area contributed by atoms with E-state index in [1.165, 1.54) is 48.6 Å². The summed E-state index contributed by atoms with van der Waals surface area (Å²) in [5, 5.41) is 24.0. The molecule has 47 heavy (non-hydrogen) atoms. The summed E-state index contributed by atoms with van der Waals surface area (Å²) >= 11 is 3.71. The van der Waals surface area contributed by atoms with E-state index in [0.717, 1.165) is 21.3 Å². The maximum atomic E-state index is 11.4. The summed E-state index contributed by atoms with van der Waals surface area (Å²) in [5.41, 5.74) is 5.05. The van der Waals surface area contributed by atoms with Gasteiger partial charge in [0.2, 0.25) is 0 Å². The van der Waals surface area contributed by atoms with E-state index in [9.17, 15) is 5.11 Å². The van der Waals surface area contributed by atoms with E-state index in [2.05, 4.69) is 175 Å². The highest BCUT2D eigenvalue weighted by Gasteiger charge is 2.25. The third-order valence-electron chi connectivity index (χ3n) is 8.79. The average Bonchev–Trinajstić information content (AvgIpc) is 3.09. The van der Waals surface area contributed by atoms with Gasteiger partial charge >= 0.3 is 0 Å². The van der Waals surface area contributed by atoms with Gasteiger partial charge < -0.3 is 10.4 Å². The van der Waals surface area contributed by atoms with Gasteiger partial charge in [-0.2, -0.15) is 0 Å². The Morgan fingerprint density at radius 3 is 1.74 bits per heavy atom. The number of phenolic OH excluding ortho intramolecular Hbond substituents is 1. The number of anilines is 1. The first-order chi connectivity index (χ1) is 22.8. The van der Waals surface area contributed by atoms with Gasteiger partial charge in [-0.3, -0.25) is 0 Å². The molecule has 7 rings (SSSR count). The molecule has 0 heterocycles. The summed E-state index contributed by atoms with van der Waals surface area (Å²) in [6.45, 7) is 6.87. The summed E-state index contributed by atoms with van der Waals surface area (Å²) in [6, 6.07) is 52.3. The first kappa shape index (κ1) is 31.2. The van der Waals surface area contributed by atoms with E-state index in [1.807, 2.05) is 12.1 Å². The maximum absolute atomic E-state index is 11.4. The fourth-order valence-corrected chi connectivity index (χ4v) is 9.51. The van der Waals surface area contributed by atoms with Crippen LogP contribution in [0.5, 0.6) is 5.75 Å². The van der Waals surface area contributed by atoms with Crippen molar-refractivity contribution >= 4 is 67.0 Å². The topological polar surface area (TPSA) is 32.3 Å². The summed E-state index contributed by atoms with van der Waals surface area (Å²) < 4.78 is 0.962. The monoisotopic (exact) mass is 693 g/mol. The van der Waals surface area contributed by atoms with Gasteiger partial charge in [-0.25, -0.2) is 0 Å². The lowest BCUT2D eigenvalue weighted by Crippen LogP contribution is -2.22. The van der Waals surface area contributed by atoms with Crippen molar-refractivity contribution in [1.82, 2.24) is 0 Å². The highest BCUT2D eigenvalue weighted by Crippen LogP contribution is 2.45. The van der Waals surface area contributed by atoms with Gasteiger partial charge in [0.15, 0.2) is 0 Å². The molecule has 0 aliphatic rings. The summed E-state index contributed by atoms with van der Waals surface area (Å²) in [6.07, 6.45) is 0. The number of phenols is 1. The van der Waals surface area contributed by atoms with Crippen molar-refractivity contribution < 1.29 is 5.11 Å². The SMILES string of the molecule is CC(C)(C)c1cc(Br)cc(CNc2ccc3ccccc3c2-c2c(P(c3ccccc3)c3ccccc3)ccc3ccccc23)c1O. The molecule has 232 valence electrons. The highest BCUT2D eigenvalue weighted by molar-refractivity contribution is 9.10. The summed E-state index contributed by atoms with van der Waals surface area (Å²) in [7, 11) is -0.885. The van der Waals surface area contributed by atoms with Crippen LogP contribution in [-0.2, 0) is 12.0 Å². The number of hydrogen-bond donors (Lipinski definition) is 2. The molecule has 2 nitrogen and oxygen atoms in total. The fraction of sp³-hybridized carbons (Fsp3) is 0.116. The molecule has 0 saturated carbocycles. The van der Waals surface area contributed by atoms with Crippen LogP contribution in [0.15, 0.2) is 150 Å². The number of aromatic hydroxyl groups is 1. The minimum atomic E-state index is -0.885. The van der Waals surface area contributed by atoms with E-state index in [1.54, 1.807) is 0 Å². The Balaban J connectivity index is 1.49. The minimum absolute atomic E-state index is 0.194. The van der Waals surface area contributed by atoms with Crippen LogP contribution in [0.25, 0.3) is 32.7 Å². The molecule has 0 fully saturated rings. The Hall–Kier alpha value is -4.43. The van der Waals surface area contributed by atoms with Gasteiger partial charge in [0.05, 0.1) is 0 Å². The van der Waals surface area contributed by atoms with E-state index < -0.39 is 7.92 Å². The van der Waals surface area contributed by atoms with E-state index in [0.29, 0.717) is 12.3 Å². The molecule has 7 aromatic carbocycles. The van der Waals surface area contributed by atoms with Crippen LogP contribution in [0.1, 0.15) is 31.9 Å². The molecule has 0 bridgehead atoms. The normalized spacial score (nSPS) is 11.8. The van der Waals surface area contributed by atoms with Crippen LogP contribution in [0.2, 0.25) is 0 Å². The van der Waals surface area contributed by atoms with Crippen molar-refractivity contribution in [2.24, 2.45) is 0 Å². The van der Waals surface area contributed by atoms with Gasteiger partial charge in [0.1, 0.15) is 5.75 Å². The zero-order valence-corrected chi connectivity index (χ0v) is 29.3. The van der Waals surface area contributed by atoms with Gasteiger partial charge in [0.25, 0.3) is 0 Å². The van der Waals surface area contributed by atoms with Crippen LogP contribution in [0, 0.1) is 0 Å². The summed E-state index contributed by atoms with van der Waals surface area (Å²) in [5.74, 6) is 0.345. The quantitative estimate of drug-likeness (QED) is 0.163. The maximum Gasteiger partial charge on any atom is 0.124 e. The number of benzene rings is 7. The van der Waals surface area contributed by atoms with Crippen molar-refractivity contribution in [3.63, 3.8) is 0 Å². The highest BCUT2D eigenvalue weighted by atomic mass is 79.9. The van der Waals surface area contributed by atoms with Crippen LogP contribution in [-0.4, -0.2) is 5.11 Å². The van der Waals surface area contributed by atoms with E-state index in [4.69, 9.17) is 0 Å². The van der Waals surface area contributed by atoms with Crippen molar-refractivity contribution in [1.29, 1.82) is 0 Å². The Bertz CT molecular complexity index is 2170. The average molecular weight is 695 g/mol. The van der Waals surface area contributed by atoms with Gasteiger partial charge in [-0.1, -0.05) is 164 Å². The Morgan fingerprint density at radius 1 is 0.617 bits per heavy atom. The first-order valence-corrected chi connectivity index (χ1v) is 18.1. The largest absolute Gasteiger partial charge is 0.507 e. The number of fused-ring (bicyclic) bond motifs is 2. The second-order valence-corrected chi connectivity index (χ2v) is 16.1. The molecule has 4 heteroatoms. The zero-order chi connectivity index (χ0) is 32.5. The van der Waals surface area contributed by atoms with Crippen LogP contribution in [0.4, 0.5) is 5.69 Å². The van der Waals surface area contributed by atoms with E-state index >= 15 is 0 Å². The van der Waals surface area contributed by atoms with Gasteiger partial charge in [-0.15, -0.1) is 0 Å². The number of halogens is 1. The second kappa shape index (κ2) is 13.0. The molecule has 0 saturated heterocycles. The minimum Gasteiger partial charge on any atom is -0.507 e. The molecule has 0 atom stereocenters. The Kier molecular flexibility index (Phi) is 8.62. The number of hydrogen-bond acceptors (Lipinski definition) is 2. The van der Waals surface area contributed by atoms with E-state index in [-0.39, 0.29) is 5.41 Å². The standard InChI is InChI=1S/C43H37BrNOP/c1-43(2,3)37-27-32(44)26-31(42(37)46)28-45-38-24-22-29-14-10-12-20-35(29)40(38)41-36-21-13-11-15-30(36)23-25-39(41)47(33-16-6-4-7-17-33)34-18-8-5-9-19-34/h4-27,45-46H,28H2,1-3H3. The molecule has 7 aromatic rings. The molecule has 2 N–H and O–H groups in total. The predicted molar refractivity (Wildman–Crippen MR) is 207 cm³/mol. The second-order valence-electron chi connectivity index (χ2n) is 13.0. The van der Waals surface area contributed by atoms with Crippen molar-refractivity contribution in [2.75, 3.05) is 5.32 Å². The smallest absolute Gasteiger partial charge is 0.124 e. The Morgan fingerprint density at radius 2 is 1.15 bits per heavy atom. The molecule has 0 radical (unpaired) electrons. The molecule has 0 spiro atoms. The molecule has 0 aliphatic heterocycles.